The predicted molar refractivity (Wildman–Crippen MR) is 66.6 cm³/mol. The lowest BCUT2D eigenvalue weighted by atomic mass is 10.2. The topological polar surface area (TPSA) is 26.0 Å². The van der Waals surface area contributed by atoms with Gasteiger partial charge in [-0.25, -0.2) is 0 Å². The van der Waals surface area contributed by atoms with Gasteiger partial charge in [0.25, 0.3) is 0 Å². The molecule has 0 amide bonds. The lowest BCUT2D eigenvalue weighted by Crippen LogP contribution is -1.85. The van der Waals surface area contributed by atoms with Crippen LogP contribution in [0.4, 0.5) is 5.69 Å². The van der Waals surface area contributed by atoms with E-state index in [9.17, 15) is 0 Å². The fourth-order valence-electron chi connectivity index (χ4n) is 1.31. The summed E-state index contributed by atoms with van der Waals surface area (Å²) in [6.45, 7) is 2.11. The third-order valence-corrected chi connectivity index (χ3v) is 3.72. The Morgan fingerprint density at radius 1 is 1.21 bits per heavy atom. The Balaban J connectivity index is 2.55. The van der Waals surface area contributed by atoms with E-state index < -0.39 is 0 Å². The highest BCUT2D eigenvalue weighted by Gasteiger charge is 2.05. The molecule has 14 heavy (non-hydrogen) atoms. The Kier molecular flexibility index (Phi) is 2.61. The summed E-state index contributed by atoms with van der Waals surface area (Å²) in [4.78, 5) is 2.57. The Hall–Kier alpha value is -0.800. The van der Waals surface area contributed by atoms with Crippen molar-refractivity contribution in [1.82, 2.24) is 0 Å². The quantitative estimate of drug-likeness (QED) is 0.775. The maximum atomic E-state index is 5.76. The second kappa shape index (κ2) is 3.75. The lowest BCUT2D eigenvalue weighted by molar-refractivity contribution is 1.62. The van der Waals surface area contributed by atoms with E-state index in [0.29, 0.717) is 0 Å². The van der Waals surface area contributed by atoms with Crippen LogP contribution in [0.25, 0.3) is 10.4 Å². The van der Waals surface area contributed by atoms with Crippen molar-refractivity contribution < 1.29 is 0 Å². The van der Waals surface area contributed by atoms with Crippen LogP contribution in [0.5, 0.6) is 0 Å². The normalized spacial score (nSPS) is 10.4. The Morgan fingerprint density at radius 2 is 2.00 bits per heavy atom. The number of hydrogen-bond donors (Lipinski definition) is 1. The van der Waals surface area contributed by atoms with E-state index in [0.717, 1.165) is 10.2 Å². The fraction of sp³-hybridized carbons (Fsp3) is 0.0909. The van der Waals surface area contributed by atoms with Crippen LogP contribution in [-0.2, 0) is 0 Å². The van der Waals surface area contributed by atoms with Crippen molar-refractivity contribution in [3.63, 3.8) is 0 Å². The SMILES string of the molecule is Cc1ccc(-c2cc(N)ccc2Br)s1. The van der Waals surface area contributed by atoms with Gasteiger partial charge in [-0.15, -0.1) is 11.3 Å². The van der Waals surface area contributed by atoms with Crippen LogP contribution in [0.1, 0.15) is 4.88 Å². The molecule has 0 bridgehead atoms. The van der Waals surface area contributed by atoms with Gasteiger partial charge < -0.3 is 5.73 Å². The smallest absolute Gasteiger partial charge is 0.0357 e. The highest BCUT2D eigenvalue weighted by Crippen LogP contribution is 2.34. The maximum absolute atomic E-state index is 5.76. The van der Waals surface area contributed by atoms with Crippen molar-refractivity contribution in [2.75, 3.05) is 5.73 Å². The van der Waals surface area contributed by atoms with Gasteiger partial charge in [-0.3, -0.25) is 0 Å². The number of aryl methyl sites for hydroxylation is 1. The van der Waals surface area contributed by atoms with Crippen LogP contribution in [0.3, 0.4) is 0 Å². The average molecular weight is 268 g/mol. The molecular weight excluding hydrogens is 258 g/mol. The molecule has 72 valence electrons. The molecule has 1 aromatic carbocycles. The molecule has 1 aromatic heterocycles. The summed E-state index contributed by atoms with van der Waals surface area (Å²) in [5.41, 5.74) is 7.73. The number of hydrogen-bond acceptors (Lipinski definition) is 2. The highest BCUT2D eigenvalue weighted by atomic mass is 79.9. The predicted octanol–water partition coefficient (Wildman–Crippen LogP) is 4.07. The molecule has 0 aliphatic rings. The van der Waals surface area contributed by atoms with Crippen LogP contribution >= 0.6 is 27.3 Å². The molecule has 2 aromatic rings. The summed E-state index contributed by atoms with van der Waals surface area (Å²) in [5.74, 6) is 0. The second-order valence-electron chi connectivity index (χ2n) is 3.15. The summed E-state index contributed by atoms with van der Waals surface area (Å²) in [6, 6.07) is 10.1. The Bertz CT molecular complexity index is 462. The van der Waals surface area contributed by atoms with Crippen molar-refractivity contribution in [1.29, 1.82) is 0 Å². The molecule has 1 nitrogen and oxygen atoms in total. The van der Waals surface area contributed by atoms with E-state index in [2.05, 4.69) is 35.0 Å². The molecule has 3 heteroatoms. The van der Waals surface area contributed by atoms with Crippen LogP contribution in [0.15, 0.2) is 34.8 Å². The Labute approximate surface area is 95.7 Å². The first-order valence-electron chi connectivity index (χ1n) is 4.28. The second-order valence-corrected chi connectivity index (χ2v) is 5.29. The van der Waals surface area contributed by atoms with Crippen molar-refractivity contribution in [3.05, 3.63) is 39.7 Å². The number of nitrogen functional groups attached to an aromatic ring is 1. The number of nitrogens with two attached hydrogens (primary N) is 1. The zero-order chi connectivity index (χ0) is 10.1. The molecule has 0 aliphatic heterocycles. The maximum Gasteiger partial charge on any atom is 0.0357 e. The zero-order valence-electron chi connectivity index (χ0n) is 7.75. The molecule has 0 spiro atoms. The molecule has 1 heterocycles. The lowest BCUT2D eigenvalue weighted by Gasteiger charge is -2.02. The van der Waals surface area contributed by atoms with Gasteiger partial charge in [0, 0.05) is 25.5 Å². The van der Waals surface area contributed by atoms with E-state index in [1.165, 1.54) is 15.3 Å². The minimum Gasteiger partial charge on any atom is -0.399 e. The van der Waals surface area contributed by atoms with Gasteiger partial charge in [0.15, 0.2) is 0 Å². The van der Waals surface area contributed by atoms with Crippen LogP contribution in [0, 0.1) is 6.92 Å². The third-order valence-electron chi connectivity index (χ3n) is 2.00. The number of halogens is 1. The van der Waals surface area contributed by atoms with Crippen molar-refractivity contribution in [3.8, 4) is 10.4 Å². The number of thiophene rings is 1. The number of rotatable bonds is 1. The molecule has 2 rings (SSSR count). The number of anilines is 1. The van der Waals surface area contributed by atoms with Crippen LogP contribution in [0.2, 0.25) is 0 Å². The van der Waals surface area contributed by atoms with Crippen molar-refractivity contribution in [2.24, 2.45) is 0 Å². The molecule has 0 saturated carbocycles. The molecule has 2 N–H and O–H groups in total. The first-order valence-corrected chi connectivity index (χ1v) is 5.89. The average Bonchev–Trinajstić information content (AvgIpc) is 2.56. The summed E-state index contributed by atoms with van der Waals surface area (Å²) in [5, 5.41) is 0. The molecule has 0 radical (unpaired) electrons. The van der Waals surface area contributed by atoms with Crippen LogP contribution < -0.4 is 5.73 Å². The monoisotopic (exact) mass is 267 g/mol. The third kappa shape index (κ3) is 1.83. The van der Waals surface area contributed by atoms with Crippen molar-refractivity contribution >= 4 is 33.0 Å². The van der Waals surface area contributed by atoms with Crippen molar-refractivity contribution in [2.45, 2.75) is 6.92 Å². The minimum atomic E-state index is 0.800. The van der Waals surface area contributed by atoms with Gasteiger partial charge in [0.1, 0.15) is 0 Å². The molecule has 0 saturated heterocycles. The van der Waals surface area contributed by atoms with E-state index in [-0.39, 0.29) is 0 Å². The summed E-state index contributed by atoms with van der Waals surface area (Å²) >= 11 is 5.31. The van der Waals surface area contributed by atoms with Gasteiger partial charge in [-0.1, -0.05) is 15.9 Å². The molecule has 0 unspecified atom stereocenters. The minimum absolute atomic E-state index is 0.800. The fourth-order valence-corrected chi connectivity index (χ4v) is 2.80. The largest absolute Gasteiger partial charge is 0.399 e. The molecular formula is C11H10BrNS. The van der Waals surface area contributed by atoms with Crippen LogP contribution in [-0.4, -0.2) is 0 Å². The van der Waals surface area contributed by atoms with E-state index in [1.807, 2.05) is 18.2 Å². The van der Waals surface area contributed by atoms with Gasteiger partial charge in [0.05, 0.1) is 0 Å². The molecule has 0 atom stereocenters. The van der Waals surface area contributed by atoms with Gasteiger partial charge in [-0.05, 0) is 37.3 Å². The Morgan fingerprint density at radius 3 is 2.64 bits per heavy atom. The summed E-state index contributed by atoms with van der Waals surface area (Å²) < 4.78 is 1.09. The summed E-state index contributed by atoms with van der Waals surface area (Å²) in [6.07, 6.45) is 0. The number of benzene rings is 1. The van der Waals surface area contributed by atoms with E-state index >= 15 is 0 Å². The van der Waals surface area contributed by atoms with Gasteiger partial charge >= 0.3 is 0 Å². The first kappa shape index (κ1) is 9.74. The first-order chi connectivity index (χ1) is 6.66. The molecule has 0 fully saturated rings. The van der Waals surface area contributed by atoms with Gasteiger partial charge in [0.2, 0.25) is 0 Å². The van der Waals surface area contributed by atoms with E-state index in [4.69, 9.17) is 5.73 Å². The zero-order valence-corrected chi connectivity index (χ0v) is 10.2. The summed E-state index contributed by atoms with van der Waals surface area (Å²) in [7, 11) is 0. The van der Waals surface area contributed by atoms with Gasteiger partial charge in [-0.2, -0.15) is 0 Å². The standard InChI is InChI=1S/C11H10BrNS/c1-7-2-5-11(14-7)9-6-8(13)3-4-10(9)12/h2-6H,13H2,1H3. The highest BCUT2D eigenvalue weighted by molar-refractivity contribution is 9.10. The van der Waals surface area contributed by atoms with E-state index in [1.54, 1.807) is 11.3 Å². The molecule has 0 aliphatic carbocycles.